The van der Waals surface area contributed by atoms with Crippen molar-refractivity contribution in [2.45, 2.75) is 55.7 Å². The number of fused-ring (bicyclic) bond motifs is 2. The van der Waals surface area contributed by atoms with Crippen molar-refractivity contribution < 1.29 is 19.8 Å². The highest BCUT2D eigenvalue weighted by Crippen LogP contribution is 2.31. The monoisotopic (exact) mass is 698 g/mol. The van der Waals surface area contributed by atoms with Gasteiger partial charge in [0.15, 0.2) is 0 Å². The molecule has 6 N–H and O–H groups in total. The predicted octanol–water partition coefficient (Wildman–Crippen LogP) is 7.17. The lowest BCUT2D eigenvalue weighted by Crippen LogP contribution is -2.03. The van der Waals surface area contributed by atoms with Gasteiger partial charge in [-0.25, -0.2) is 0 Å². The molecule has 0 atom stereocenters. The number of nitrogen functional groups attached to an aromatic ring is 2. The molecular weight excluding hydrogens is 657 g/mol. The molecule has 0 aliphatic rings. The molecule has 0 fully saturated rings. The molecule has 4 aromatic heterocycles. The fourth-order valence-electron chi connectivity index (χ4n) is 5.27. The van der Waals surface area contributed by atoms with E-state index in [1.807, 2.05) is 69.2 Å². The Bertz CT molecular complexity index is 1820. The fraction of sp³-hybridized carbons (Fsp3) is 0.243. The van der Waals surface area contributed by atoms with Crippen molar-refractivity contribution in [3.05, 3.63) is 120 Å². The molecule has 6 rings (SSSR count). The number of nitrogens with zero attached hydrogens (tertiary/aromatic N) is 4. The van der Waals surface area contributed by atoms with Gasteiger partial charge in [-0.15, -0.1) is 23.5 Å². The first-order valence-electron chi connectivity index (χ1n) is 16.0. The number of aromatic nitrogens is 4. The van der Waals surface area contributed by atoms with E-state index in [4.69, 9.17) is 21.7 Å². The number of aliphatic carboxylic acids is 2. The van der Waals surface area contributed by atoms with Crippen LogP contribution in [0.5, 0.6) is 0 Å². The third-order valence-corrected chi connectivity index (χ3v) is 9.21. The highest BCUT2D eigenvalue weighted by molar-refractivity contribution is 7.99. The SMILES string of the molecule is CCSc1cc(N)n2ccnc(CCc3ccccc3)c12.CCSc1cc(N)n2ccnc(CCc3ccccc3)c12.O=C(O)CC(=O)O. The summed E-state index contributed by atoms with van der Waals surface area (Å²) in [6.45, 7) is 4.31. The van der Waals surface area contributed by atoms with E-state index in [9.17, 15) is 9.59 Å². The first kappa shape index (κ1) is 36.9. The molecule has 2 aromatic carbocycles. The average Bonchev–Trinajstić information content (AvgIpc) is 3.59. The lowest BCUT2D eigenvalue weighted by molar-refractivity contribution is -0.147. The Morgan fingerprint density at radius 3 is 1.37 bits per heavy atom. The van der Waals surface area contributed by atoms with Gasteiger partial charge in [0.25, 0.3) is 0 Å². The van der Waals surface area contributed by atoms with E-state index >= 15 is 0 Å². The van der Waals surface area contributed by atoms with Crippen LogP contribution in [0, 0.1) is 0 Å². The summed E-state index contributed by atoms with van der Waals surface area (Å²) in [4.78, 5) is 30.5. The Morgan fingerprint density at radius 2 is 1.04 bits per heavy atom. The summed E-state index contributed by atoms with van der Waals surface area (Å²) in [7, 11) is 0. The van der Waals surface area contributed by atoms with Crippen molar-refractivity contribution in [2.24, 2.45) is 0 Å². The highest BCUT2D eigenvalue weighted by Gasteiger charge is 2.13. The minimum Gasteiger partial charge on any atom is -0.481 e. The lowest BCUT2D eigenvalue weighted by Gasteiger charge is -2.07. The Hall–Kier alpha value is -4.94. The van der Waals surface area contributed by atoms with Crippen molar-refractivity contribution in [2.75, 3.05) is 23.0 Å². The number of carboxylic acid groups (broad SMARTS) is 2. The topological polar surface area (TPSA) is 161 Å². The van der Waals surface area contributed by atoms with Crippen LogP contribution in [0.4, 0.5) is 11.6 Å². The first-order chi connectivity index (χ1) is 23.7. The third kappa shape index (κ3) is 10.5. The van der Waals surface area contributed by atoms with Crippen LogP contribution in [-0.2, 0) is 35.3 Å². The molecule has 10 nitrogen and oxygen atoms in total. The normalized spacial score (nSPS) is 10.7. The van der Waals surface area contributed by atoms with Gasteiger partial charge in [-0.2, -0.15) is 0 Å². The van der Waals surface area contributed by atoms with Gasteiger partial charge in [0, 0.05) is 34.6 Å². The van der Waals surface area contributed by atoms with Crippen LogP contribution in [0.3, 0.4) is 0 Å². The van der Waals surface area contributed by atoms with Gasteiger partial charge in [0.2, 0.25) is 0 Å². The van der Waals surface area contributed by atoms with Crippen LogP contribution in [0.15, 0.2) is 107 Å². The lowest BCUT2D eigenvalue weighted by atomic mass is 10.1. The smallest absolute Gasteiger partial charge is 0.314 e. The first-order valence-corrected chi connectivity index (χ1v) is 17.9. The molecule has 0 aliphatic heterocycles. The molecular formula is C37H42N6O4S2. The van der Waals surface area contributed by atoms with E-state index in [2.05, 4.69) is 84.5 Å². The molecule has 0 aliphatic carbocycles. The van der Waals surface area contributed by atoms with E-state index in [0.29, 0.717) is 0 Å². The molecule has 4 heterocycles. The zero-order chi connectivity index (χ0) is 35.2. The molecule has 0 saturated carbocycles. The van der Waals surface area contributed by atoms with Gasteiger partial charge in [-0.1, -0.05) is 74.5 Å². The van der Waals surface area contributed by atoms with Gasteiger partial charge >= 0.3 is 11.9 Å². The molecule has 0 unspecified atom stereocenters. The second kappa shape index (κ2) is 18.6. The van der Waals surface area contributed by atoms with Crippen LogP contribution >= 0.6 is 23.5 Å². The van der Waals surface area contributed by atoms with Crippen molar-refractivity contribution in [3.8, 4) is 0 Å². The second-order valence-electron chi connectivity index (χ2n) is 10.9. The van der Waals surface area contributed by atoms with Crippen molar-refractivity contribution in [1.82, 2.24) is 18.8 Å². The maximum absolute atomic E-state index is 9.43. The summed E-state index contributed by atoms with van der Waals surface area (Å²) in [5.74, 6) is 1.01. The molecule has 0 bridgehead atoms. The molecule has 0 radical (unpaired) electrons. The van der Waals surface area contributed by atoms with Gasteiger partial charge in [0.05, 0.1) is 22.4 Å². The second-order valence-corrected chi connectivity index (χ2v) is 13.5. The number of hydrogen-bond acceptors (Lipinski definition) is 8. The maximum atomic E-state index is 9.43. The summed E-state index contributed by atoms with van der Waals surface area (Å²) >= 11 is 3.64. The number of carboxylic acids is 2. The third-order valence-electron chi connectivity index (χ3n) is 7.39. The van der Waals surface area contributed by atoms with Gasteiger partial charge in [-0.05, 0) is 60.4 Å². The number of carbonyl (C=O) groups is 2. The number of anilines is 2. The summed E-state index contributed by atoms with van der Waals surface area (Å²) in [5, 5.41) is 15.4. The Morgan fingerprint density at radius 1 is 0.653 bits per heavy atom. The summed E-state index contributed by atoms with van der Waals surface area (Å²) < 4.78 is 4.09. The van der Waals surface area contributed by atoms with Crippen molar-refractivity contribution in [3.63, 3.8) is 0 Å². The Balaban J connectivity index is 0.000000186. The number of benzene rings is 2. The summed E-state index contributed by atoms with van der Waals surface area (Å²) in [5.41, 5.74) is 19.5. The molecule has 0 spiro atoms. The van der Waals surface area contributed by atoms with E-state index in [0.717, 1.165) is 71.2 Å². The van der Waals surface area contributed by atoms with Crippen LogP contribution in [-0.4, -0.2) is 52.4 Å². The van der Waals surface area contributed by atoms with Crippen LogP contribution in [0.1, 0.15) is 42.8 Å². The molecule has 0 amide bonds. The number of thioether (sulfide) groups is 2. The maximum Gasteiger partial charge on any atom is 0.314 e. The minimum atomic E-state index is -1.31. The van der Waals surface area contributed by atoms with Gasteiger partial charge in [-0.3, -0.25) is 28.4 Å². The predicted molar refractivity (Wildman–Crippen MR) is 200 cm³/mol. The van der Waals surface area contributed by atoms with Gasteiger partial charge in [0.1, 0.15) is 18.1 Å². The van der Waals surface area contributed by atoms with Crippen molar-refractivity contribution in [1.29, 1.82) is 0 Å². The zero-order valence-corrected chi connectivity index (χ0v) is 29.3. The quantitative estimate of drug-likeness (QED) is 0.0762. The van der Waals surface area contributed by atoms with Crippen LogP contribution < -0.4 is 11.5 Å². The Kier molecular flexibility index (Phi) is 14.0. The van der Waals surface area contributed by atoms with E-state index < -0.39 is 18.4 Å². The minimum absolute atomic E-state index is 0.782. The van der Waals surface area contributed by atoms with Crippen LogP contribution in [0.2, 0.25) is 0 Å². The highest BCUT2D eigenvalue weighted by atomic mass is 32.2. The van der Waals surface area contributed by atoms with E-state index in [1.165, 1.54) is 20.9 Å². The number of aryl methyl sites for hydroxylation is 4. The van der Waals surface area contributed by atoms with Crippen LogP contribution in [0.25, 0.3) is 11.0 Å². The van der Waals surface area contributed by atoms with Crippen molar-refractivity contribution >= 4 is 58.1 Å². The Labute approximate surface area is 294 Å². The largest absolute Gasteiger partial charge is 0.481 e. The molecule has 6 aromatic rings. The number of nitrogens with two attached hydrogens (primary N) is 2. The average molecular weight is 699 g/mol. The fourth-order valence-corrected chi connectivity index (χ4v) is 7.00. The van der Waals surface area contributed by atoms with E-state index in [1.54, 1.807) is 0 Å². The molecule has 12 heteroatoms. The number of hydrogen-bond donors (Lipinski definition) is 4. The number of rotatable bonds is 12. The molecule has 0 saturated heterocycles. The molecule has 256 valence electrons. The summed E-state index contributed by atoms with van der Waals surface area (Å²) in [6, 6.07) is 25.2. The summed E-state index contributed by atoms with van der Waals surface area (Å²) in [6.07, 6.45) is 10.6. The van der Waals surface area contributed by atoms with Gasteiger partial charge < -0.3 is 21.7 Å². The van der Waals surface area contributed by atoms with E-state index in [-0.39, 0.29) is 0 Å². The zero-order valence-electron chi connectivity index (χ0n) is 27.7. The standard InChI is InChI=1S/2C17H19N3S.C3H4O4/c2*1-2-21-15-12-16(18)20-11-10-19-14(17(15)20)9-8-13-6-4-3-5-7-13;4-2(5)1-3(6)7/h2*3-7,10-12H,2,8-9,18H2,1H3;1H2,(H,4,5)(H,6,7). The molecule has 49 heavy (non-hydrogen) atoms.